The number of ether oxygens (including phenoxy) is 2. The first-order valence-electron chi connectivity index (χ1n) is 12.6. The van der Waals surface area contributed by atoms with E-state index in [0.29, 0.717) is 24.3 Å². The van der Waals surface area contributed by atoms with E-state index < -0.39 is 84.8 Å². The van der Waals surface area contributed by atoms with Crippen molar-refractivity contribution in [1.82, 2.24) is 5.32 Å². The summed E-state index contributed by atoms with van der Waals surface area (Å²) < 4.78 is 162. The number of carbonyl (C=O) groups is 1. The molecule has 0 spiro atoms. The van der Waals surface area contributed by atoms with Crippen molar-refractivity contribution in [1.29, 1.82) is 0 Å². The van der Waals surface area contributed by atoms with E-state index in [1.807, 2.05) is 0 Å². The Balaban J connectivity index is 1.81. The standard InChI is InChI=1S/C28H22F9NO5S/c1-42-24(39)38-19-13-25(14-19,44(40,41)20-11-9-18(29)10-12-20)16-5-7-17(8-6-16)26(27(32,33)34,28(35,36)37)43-15-21-22(30)3-2-4-23(21)31/h2-12,19H,13-15H2,1H3,(H,38,39). The minimum Gasteiger partial charge on any atom is -0.453 e. The summed E-state index contributed by atoms with van der Waals surface area (Å²) in [5.41, 5.74) is -8.04. The van der Waals surface area contributed by atoms with Crippen LogP contribution in [0.4, 0.5) is 44.3 Å². The Morgan fingerprint density at radius 1 is 0.864 bits per heavy atom. The molecule has 3 aromatic rings. The second-order valence-corrected chi connectivity index (χ2v) is 12.2. The van der Waals surface area contributed by atoms with Crippen molar-refractivity contribution in [2.75, 3.05) is 7.11 Å². The predicted molar refractivity (Wildman–Crippen MR) is 135 cm³/mol. The molecular weight excluding hydrogens is 633 g/mol. The van der Waals surface area contributed by atoms with E-state index in [1.165, 1.54) is 0 Å². The van der Waals surface area contributed by atoms with Crippen LogP contribution in [0.15, 0.2) is 71.6 Å². The number of rotatable bonds is 8. The molecule has 1 aliphatic carbocycles. The van der Waals surface area contributed by atoms with Crippen molar-refractivity contribution in [2.24, 2.45) is 0 Å². The fourth-order valence-corrected chi connectivity index (χ4v) is 7.34. The van der Waals surface area contributed by atoms with E-state index in [1.54, 1.807) is 0 Å². The normalized spacial score (nSPS) is 19.3. The molecule has 4 rings (SSSR count). The maximum absolute atomic E-state index is 14.3. The Kier molecular flexibility index (Phi) is 8.74. The zero-order valence-electron chi connectivity index (χ0n) is 22.4. The summed E-state index contributed by atoms with van der Waals surface area (Å²) in [5.74, 6) is -3.65. The molecule has 0 unspecified atom stereocenters. The molecule has 0 aliphatic heterocycles. The van der Waals surface area contributed by atoms with Gasteiger partial charge in [0.2, 0.25) is 0 Å². The van der Waals surface area contributed by atoms with Crippen LogP contribution in [0.5, 0.6) is 0 Å². The van der Waals surface area contributed by atoms with Gasteiger partial charge in [-0.15, -0.1) is 0 Å². The molecule has 0 aromatic heterocycles. The molecule has 1 N–H and O–H groups in total. The Hall–Kier alpha value is -3.79. The molecule has 0 bridgehead atoms. The van der Waals surface area contributed by atoms with Gasteiger partial charge in [-0.1, -0.05) is 30.3 Å². The average molecular weight is 656 g/mol. The predicted octanol–water partition coefficient (Wildman–Crippen LogP) is 6.83. The number of amides is 1. The summed E-state index contributed by atoms with van der Waals surface area (Å²) in [4.78, 5) is 11.3. The Morgan fingerprint density at radius 3 is 1.86 bits per heavy atom. The van der Waals surface area contributed by atoms with Gasteiger partial charge < -0.3 is 14.8 Å². The van der Waals surface area contributed by atoms with Gasteiger partial charge >= 0.3 is 18.4 Å². The summed E-state index contributed by atoms with van der Waals surface area (Å²) in [6.07, 6.45) is -14.1. The number of methoxy groups -OCH3 is 1. The van der Waals surface area contributed by atoms with Crippen LogP contribution in [0, 0.1) is 17.5 Å². The molecule has 1 aliphatic rings. The number of alkyl carbamates (subject to hydrolysis) is 1. The second-order valence-electron chi connectivity index (χ2n) is 9.94. The van der Waals surface area contributed by atoms with Gasteiger partial charge in [0.15, 0.2) is 9.84 Å². The Labute approximate surface area is 244 Å². The minimum absolute atomic E-state index is 0.244. The number of alkyl halides is 6. The summed E-state index contributed by atoms with van der Waals surface area (Å²) in [6.45, 7) is -1.76. The molecule has 1 saturated carbocycles. The van der Waals surface area contributed by atoms with Crippen LogP contribution in [0.3, 0.4) is 0 Å². The molecule has 0 saturated heterocycles. The van der Waals surface area contributed by atoms with Gasteiger partial charge in [0, 0.05) is 17.2 Å². The van der Waals surface area contributed by atoms with Crippen LogP contribution >= 0.6 is 0 Å². The Morgan fingerprint density at radius 2 is 1.39 bits per heavy atom. The molecule has 6 nitrogen and oxygen atoms in total. The zero-order chi connectivity index (χ0) is 32.7. The monoisotopic (exact) mass is 655 g/mol. The molecular formula is C28H22F9NO5S. The lowest BCUT2D eigenvalue weighted by atomic mass is 9.74. The van der Waals surface area contributed by atoms with Gasteiger partial charge in [0.25, 0.3) is 5.60 Å². The Bertz CT molecular complexity index is 1580. The highest BCUT2D eigenvalue weighted by Gasteiger charge is 2.73. The first-order chi connectivity index (χ1) is 20.4. The molecule has 44 heavy (non-hydrogen) atoms. The van der Waals surface area contributed by atoms with E-state index in [0.717, 1.165) is 49.6 Å². The molecule has 238 valence electrons. The summed E-state index contributed by atoms with van der Waals surface area (Å²) in [5, 5.41) is 2.38. The lowest BCUT2D eigenvalue weighted by Gasteiger charge is -2.47. The molecule has 0 atom stereocenters. The minimum atomic E-state index is -6.21. The van der Waals surface area contributed by atoms with Crippen LogP contribution in [0.25, 0.3) is 0 Å². The molecule has 3 aromatic carbocycles. The van der Waals surface area contributed by atoms with Crippen LogP contribution in [-0.4, -0.2) is 40.0 Å². The molecule has 1 fully saturated rings. The lowest BCUT2D eigenvalue weighted by molar-refractivity contribution is -0.392. The molecule has 16 heteroatoms. The fraction of sp³-hybridized carbons (Fsp3) is 0.321. The largest absolute Gasteiger partial charge is 0.453 e. The number of halogens is 9. The lowest BCUT2D eigenvalue weighted by Crippen LogP contribution is -2.57. The van der Waals surface area contributed by atoms with Crippen molar-refractivity contribution in [3.8, 4) is 0 Å². The smallest absolute Gasteiger partial charge is 0.430 e. The third-order valence-electron chi connectivity index (χ3n) is 7.41. The highest BCUT2D eigenvalue weighted by atomic mass is 32.2. The number of sulfone groups is 1. The van der Waals surface area contributed by atoms with Crippen LogP contribution < -0.4 is 5.32 Å². The number of nitrogens with one attached hydrogen (secondary N) is 1. The topological polar surface area (TPSA) is 81.7 Å². The highest BCUT2D eigenvalue weighted by molar-refractivity contribution is 7.92. The van der Waals surface area contributed by atoms with E-state index in [4.69, 9.17) is 0 Å². The summed E-state index contributed by atoms with van der Waals surface area (Å²) in [6, 6.07) is 7.04. The third-order valence-corrected chi connectivity index (χ3v) is 9.90. The summed E-state index contributed by atoms with van der Waals surface area (Å²) in [7, 11) is -3.44. The number of hydrogen-bond acceptors (Lipinski definition) is 5. The number of carbonyl (C=O) groups excluding carboxylic acids is 1. The van der Waals surface area contributed by atoms with Gasteiger partial charge in [0.1, 0.15) is 22.2 Å². The first kappa shape index (κ1) is 33.1. The van der Waals surface area contributed by atoms with Gasteiger partial charge in [-0.05, 0) is 54.8 Å². The fourth-order valence-electron chi connectivity index (χ4n) is 5.11. The van der Waals surface area contributed by atoms with Gasteiger partial charge in [-0.25, -0.2) is 26.4 Å². The van der Waals surface area contributed by atoms with Crippen LogP contribution in [0.2, 0.25) is 0 Å². The third kappa shape index (κ3) is 5.60. The van der Waals surface area contributed by atoms with Crippen molar-refractivity contribution in [3.05, 3.63) is 101 Å². The molecule has 1 amide bonds. The van der Waals surface area contributed by atoms with Crippen LogP contribution in [0.1, 0.15) is 29.5 Å². The average Bonchev–Trinajstić information content (AvgIpc) is 2.91. The first-order valence-corrected chi connectivity index (χ1v) is 14.0. The number of benzene rings is 3. The van der Waals surface area contributed by atoms with Gasteiger partial charge in [-0.3, -0.25) is 0 Å². The van der Waals surface area contributed by atoms with E-state index >= 15 is 0 Å². The van der Waals surface area contributed by atoms with Crippen molar-refractivity contribution in [2.45, 2.75) is 53.1 Å². The number of hydrogen-bond donors (Lipinski definition) is 1. The van der Waals surface area contributed by atoms with E-state index in [9.17, 15) is 52.7 Å². The van der Waals surface area contributed by atoms with Crippen molar-refractivity contribution >= 4 is 15.9 Å². The van der Waals surface area contributed by atoms with Crippen molar-refractivity contribution in [3.63, 3.8) is 0 Å². The second kappa shape index (κ2) is 11.6. The van der Waals surface area contributed by atoms with Crippen molar-refractivity contribution < 1.29 is 62.2 Å². The molecule has 0 radical (unpaired) electrons. The molecule has 0 heterocycles. The SMILES string of the molecule is COC(=O)NC1CC(c2ccc(C(OCc3c(F)cccc3F)(C(F)(F)F)C(F)(F)F)cc2)(S(=O)(=O)c2ccc(F)cc2)C1. The highest BCUT2D eigenvalue weighted by Crippen LogP contribution is 2.55. The quantitative estimate of drug-likeness (QED) is 0.213. The van der Waals surface area contributed by atoms with Gasteiger partial charge in [0.05, 0.1) is 18.6 Å². The maximum atomic E-state index is 14.3. The zero-order valence-corrected chi connectivity index (χ0v) is 23.2. The van der Waals surface area contributed by atoms with E-state index in [-0.39, 0.29) is 18.4 Å². The van der Waals surface area contributed by atoms with Gasteiger partial charge in [-0.2, -0.15) is 26.3 Å². The maximum Gasteiger partial charge on any atom is 0.430 e. The summed E-state index contributed by atoms with van der Waals surface area (Å²) >= 11 is 0. The van der Waals surface area contributed by atoms with Crippen LogP contribution in [-0.2, 0) is 36.3 Å². The van der Waals surface area contributed by atoms with E-state index in [2.05, 4.69) is 14.8 Å².